The van der Waals surface area contributed by atoms with E-state index in [-0.39, 0.29) is 6.04 Å². The predicted octanol–water partition coefficient (Wildman–Crippen LogP) is 5.22. The highest BCUT2D eigenvalue weighted by Crippen LogP contribution is 2.31. The van der Waals surface area contributed by atoms with Crippen LogP contribution in [0.5, 0.6) is 0 Å². The molecule has 1 aromatic rings. The molecule has 2 rings (SSSR count). The first-order valence-corrected chi connectivity index (χ1v) is 7.53. The third-order valence-corrected chi connectivity index (χ3v) is 4.44. The van der Waals surface area contributed by atoms with Gasteiger partial charge in [-0.15, -0.1) is 0 Å². The maximum absolute atomic E-state index is 6.23. The van der Waals surface area contributed by atoms with Crippen LogP contribution < -0.4 is 5.32 Å². The average molecular weight is 286 g/mol. The SMILES string of the molecule is CC(CC1CCC1)NC(C)c1ccc(Cl)cc1Cl. The van der Waals surface area contributed by atoms with Crippen LogP contribution >= 0.6 is 23.2 Å². The predicted molar refractivity (Wildman–Crippen MR) is 79.4 cm³/mol. The summed E-state index contributed by atoms with van der Waals surface area (Å²) in [6.07, 6.45) is 5.50. The number of rotatable bonds is 5. The fourth-order valence-corrected chi connectivity index (χ4v) is 3.24. The summed E-state index contributed by atoms with van der Waals surface area (Å²) in [4.78, 5) is 0. The van der Waals surface area contributed by atoms with Crippen LogP contribution in [-0.2, 0) is 0 Å². The van der Waals surface area contributed by atoms with Gasteiger partial charge in [-0.05, 0) is 43.9 Å². The van der Waals surface area contributed by atoms with Gasteiger partial charge < -0.3 is 5.32 Å². The highest BCUT2D eigenvalue weighted by atomic mass is 35.5. The quantitative estimate of drug-likeness (QED) is 0.782. The van der Waals surface area contributed by atoms with Gasteiger partial charge in [0.1, 0.15) is 0 Å². The fourth-order valence-electron chi connectivity index (χ4n) is 2.67. The Morgan fingerprint density at radius 2 is 2.00 bits per heavy atom. The second kappa shape index (κ2) is 6.27. The Bertz CT molecular complexity index is 401. The summed E-state index contributed by atoms with van der Waals surface area (Å²) in [6.45, 7) is 4.42. The standard InChI is InChI=1S/C15H21Cl2N/c1-10(8-12-4-3-5-12)18-11(2)14-7-6-13(16)9-15(14)17/h6-7,9-12,18H,3-5,8H2,1-2H3. The summed E-state index contributed by atoms with van der Waals surface area (Å²) in [6, 6.07) is 6.53. The van der Waals surface area contributed by atoms with E-state index in [1.807, 2.05) is 18.2 Å². The van der Waals surface area contributed by atoms with E-state index in [1.54, 1.807) is 0 Å². The van der Waals surface area contributed by atoms with Crippen LogP contribution in [0.1, 0.15) is 51.1 Å². The highest BCUT2D eigenvalue weighted by molar-refractivity contribution is 6.35. The van der Waals surface area contributed by atoms with E-state index in [9.17, 15) is 0 Å². The van der Waals surface area contributed by atoms with E-state index in [2.05, 4.69) is 19.2 Å². The van der Waals surface area contributed by atoms with E-state index in [4.69, 9.17) is 23.2 Å². The Kier molecular flexibility index (Phi) is 4.94. The summed E-state index contributed by atoms with van der Waals surface area (Å²) in [5, 5.41) is 5.07. The van der Waals surface area contributed by atoms with Crippen molar-refractivity contribution in [3.63, 3.8) is 0 Å². The zero-order valence-electron chi connectivity index (χ0n) is 11.0. The van der Waals surface area contributed by atoms with E-state index in [0.29, 0.717) is 11.1 Å². The molecule has 1 aliphatic rings. The van der Waals surface area contributed by atoms with Crippen molar-refractivity contribution in [1.29, 1.82) is 0 Å². The number of hydrogen-bond donors (Lipinski definition) is 1. The molecule has 0 aromatic heterocycles. The van der Waals surface area contributed by atoms with Gasteiger partial charge in [0.25, 0.3) is 0 Å². The monoisotopic (exact) mass is 285 g/mol. The van der Waals surface area contributed by atoms with Gasteiger partial charge in [0.05, 0.1) is 0 Å². The van der Waals surface area contributed by atoms with Gasteiger partial charge in [-0.1, -0.05) is 48.5 Å². The van der Waals surface area contributed by atoms with Gasteiger partial charge in [-0.25, -0.2) is 0 Å². The smallest absolute Gasteiger partial charge is 0.0468 e. The molecular weight excluding hydrogens is 265 g/mol. The van der Waals surface area contributed by atoms with Crippen LogP contribution in [0, 0.1) is 5.92 Å². The van der Waals surface area contributed by atoms with Crippen LogP contribution in [0.3, 0.4) is 0 Å². The maximum Gasteiger partial charge on any atom is 0.0468 e. The lowest BCUT2D eigenvalue weighted by molar-refractivity contribution is 0.259. The van der Waals surface area contributed by atoms with Gasteiger partial charge in [0.15, 0.2) is 0 Å². The molecule has 1 saturated carbocycles. The van der Waals surface area contributed by atoms with Crippen molar-refractivity contribution in [1.82, 2.24) is 5.32 Å². The van der Waals surface area contributed by atoms with Crippen molar-refractivity contribution in [2.75, 3.05) is 0 Å². The van der Waals surface area contributed by atoms with Crippen LogP contribution in [-0.4, -0.2) is 6.04 Å². The molecule has 1 aliphatic carbocycles. The summed E-state index contributed by atoms with van der Waals surface area (Å²) >= 11 is 12.1. The third-order valence-electron chi connectivity index (χ3n) is 3.88. The summed E-state index contributed by atoms with van der Waals surface area (Å²) < 4.78 is 0. The van der Waals surface area contributed by atoms with Crippen LogP contribution in [0.25, 0.3) is 0 Å². The van der Waals surface area contributed by atoms with Crippen molar-refractivity contribution < 1.29 is 0 Å². The molecule has 100 valence electrons. The summed E-state index contributed by atoms with van der Waals surface area (Å²) in [5.74, 6) is 0.931. The Morgan fingerprint density at radius 1 is 1.28 bits per heavy atom. The Balaban J connectivity index is 1.91. The van der Waals surface area contributed by atoms with Gasteiger partial charge in [-0.3, -0.25) is 0 Å². The number of benzene rings is 1. The van der Waals surface area contributed by atoms with Crippen molar-refractivity contribution in [2.45, 2.75) is 51.6 Å². The Morgan fingerprint density at radius 3 is 2.56 bits per heavy atom. The van der Waals surface area contributed by atoms with Crippen molar-refractivity contribution in [3.8, 4) is 0 Å². The molecule has 1 fully saturated rings. The normalized spacial score (nSPS) is 19.3. The minimum Gasteiger partial charge on any atom is -0.308 e. The zero-order chi connectivity index (χ0) is 13.1. The van der Waals surface area contributed by atoms with E-state index in [0.717, 1.165) is 16.5 Å². The minimum absolute atomic E-state index is 0.268. The Hall–Kier alpha value is -0.240. The number of nitrogens with one attached hydrogen (secondary N) is 1. The fraction of sp³-hybridized carbons (Fsp3) is 0.600. The summed E-state index contributed by atoms with van der Waals surface area (Å²) in [7, 11) is 0. The minimum atomic E-state index is 0.268. The van der Waals surface area contributed by atoms with Crippen molar-refractivity contribution in [3.05, 3.63) is 33.8 Å². The lowest BCUT2D eigenvalue weighted by Crippen LogP contribution is -2.32. The second-order valence-corrected chi connectivity index (χ2v) is 6.33. The van der Waals surface area contributed by atoms with E-state index < -0.39 is 0 Å². The lowest BCUT2D eigenvalue weighted by Gasteiger charge is -2.30. The number of halogens is 2. The van der Waals surface area contributed by atoms with E-state index in [1.165, 1.54) is 25.7 Å². The van der Waals surface area contributed by atoms with Gasteiger partial charge >= 0.3 is 0 Å². The molecule has 1 aromatic carbocycles. The third kappa shape index (κ3) is 3.63. The molecular formula is C15H21Cl2N. The first-order valence-electron chi connectivity index (χ1n) is 6.77. The molecule has 18 heavy (non-hydrogen) atoms. The van der Waals surface area contributed by atoms with Crippen LogP contribution in [0.2, 0.25) is 10.0 Å². The van der Waals surface area contributed by atoms with Crippen molar-refractivity contribution >= 4 is 23.2 Å². The number of hydrogen-bond acceptors (Lipinski definition) is 1. The van der Waals surface area contributed by atoms with Crippen LogP contribution in [0.4, 0.5) is 0 Å². The molecule has 3 heteroatoms. The highest BCUT2D eigenvalue weighted by Gasteiger charge is 2.21. The van der Waals surface area contributed by atoms with Crippen molar-refractivity contribution in [2.24, 2.45) is 5.92 Å². The topological polar surface area (TPSA) is 12.0 Å². The Labute approximate surface area is 120 Å². The summed E-state index contributed by atoms with van der Waals surface area (Å²) in [5.41, 5.74) is 1.13. The molecule has 0 spiro atoms. The molecule has 0 bridgehead atoms. The van der Waals surface area contributed by atoms with Gasteiger partial charge in [0, 0.05) is 22.1 Å². The van der Waals surface area contributed by atoms with Crippen LogP contribution in [0.15, 0.2) is 18.2 Å². The molecule has 0 radical (unpaired) electrons. The van der Waals surface area contributed by atoms with E-state index >= 15 is 0 Å². The molecule has 0 aliphatic heterocycles. The molecule has 1 nitrogen and oxygen atoms in total. The van der Waals surface area contributed by atoms with Gasteiger partial charge in [0.2, 0.25) is 0 Å². The average Bonchev–Trinajstić information content (AvgIpc) is 2.23. The second-order valence-electron chi connectivity index (χ2n) is 5.49. The zero-order valence-corrected chi connectivity index (χ0v) is 12.6. The molecule has 2 atom stereocenters. The lowest BCUT2D eigenvalue weighted by atomic mass is 9.81. The maximum atomic E-state index is 6.23. The molecule has 0 saturated heterocycles. The largest absolute Gasteiger partial charge is 0.308 e. The molecule has 2 unspecified atom stereocenters. The first-order chi connectivity index (χ1) is 8.56. The molecule has 1 N–H and O–H groups in total. The molecule has 0 amide bonds. The molecule has 0 heterocycles. The first kappa shape index (κ1) is 14.2. The van der Waals surface area contributed by atoms with Gasteiger partial charge in [-0.2, -0.15) is 0 Å².